The first-order chi connectivity index (χ1) is 9.54. The van der Waals surface area contributed by atoms with E-state index >= 15 is 0 Å². The minimum absolute atomic E-state index is 0.702. The predicted molar refractivity (Wildman–Crippen MR) is 92.7 cm³/mol. The molecule has 0 radical (unpaired) electrons. The summed E-state index contributed by atoms with van der Waals surface area (Å²) in [5, 5.41) is 3.30. The first kappa shape index (κ1) is 18.2. The van der Waals surface area contributed by atoms with Crippen molar-refractivity contribution in [2.75, 3.05) is 6.54 Å². The van der Waals surface area contributed by atoms with E-state index in [1.165, 1.54) is 5.57 Å². The molecular formula is C19H29N. The monoisotopic (exact) mass is 271 g/mol. The van der Waals surface area contributed by atoms with E-state index in [1.807, 2.05) is 12.2 Å². The van der Waals surface area contributed by atoms with Crippen LogP contribution in [0.25, 0.3) is 0 Å². The van der Waals surface area contributed by atoms with Crippen LogP contribution in [0.15, 0.2) is 73.0 Å². The Labute approximate surface area is 125 Å². The molecule has 0 aliphatic rings. The van der Waals surface area contributed by atoms with Crippen molar-refractivity contribution in [3.8, 4) is 0 Å². The fourth-order valence-corrected chi connectivity index (χ4v) is 1.64. The molecule has 0 unspecified atom stereocenters. The molecule has 1 heteroatoms. The maximum atomic E-state index is 4.06. The van der Waals surface area contributed by atoms with Crippen LogP contribution >= 0.6 is 0 Å². The van der Waals surface area contributed by atoms with E-state index in [1.54, 1.807) is 0 Å². The molecular weight excluding hydrogens is 242 g/mol. The maximum absolute atomic E-state index is 4.06. The van der Waals surface area contributed by atoms with E-state index in [4.69, 9.17) is 0 Å². The third-order valence-corrected chi connectivity index (χ3v) is 3.17. The highest BCUT2D eigenvalue weighted by Crippen LogP contribution is 2.11. The van der Waals surface area contributed by atoms with E-state index < -0.39 is 0 Å². The van der Waals surface area contributed by atoms with Gasteiger partial charge in [-0.15, -0.1) is 6.58 Å². The normalized spacial score (nSPS) is 11.4. The maximum Gasteiger partial charge on any atom is 0.0397 e. The number of allylic oxidation sites excluding steroid dienone is 6. The molecule has 0 heterocycles. The Hall–Kier alpha value is -1.76. The third-order valence-electron chi connectivity index (χ3n) is 3.17. The second-order valence-corrected chi connectivity index (χ2v) is 4.82. The highest BCUT2D eigenvalue weighted by Gasteiger charge is 1.99. The van der Waals surface area contributed by atoms with Gasteiger partial charge in [-0.3, -0.25) is 0 Å². The average molecular weight is 271 g/mol. The van der Waals surface area contributed by atoms with E-state index in [0.717, 1.165) is 42.5 Å². The highest BCUT2D eigenvalue weighted by atomic mass is 14.9. The molecule has 1 nitrogen and oxygen atoms in total. The Morgan fingerprint density at radius 2 is 1.85 bits per heavy atom. The molecule has 0 aliphatic heterocycles. The molecule has 0 aromatic heterocycles. The van der Waals surface area contributed by atoms with Crippen LogP contribution in [0.1, 0.15) is 39.5 Å². The summed E-state index contributed by atoms with van der Waals surface area (Å²) in [6.07, 6.45) is 12.3. The molecule has 1 N–H and O–H groups in total. The summed E-state index contributed by atoms with van der Waals surface area (Å²) >= 11 is 0. The van der Waals surface area contributed by atoms with Crippen molar-refractivity contribution < 1.29 is 0 Å². The van der Waals surface area contributed by atoms with Crippen LogP contribution < -0.4 is 5.32 Å². The van der Waals surface area contributed by atoms with Gasteiger partial charge in [-0.2, -0.15) is 0 Å². The molecule has 0 spiro atoms. The Kier molecular flexibility index (Phi) is 10.1. The van der Waals surface area contributed by atoms with Crippen LogP contribution in [0.5, 0.6) is 0 Å². The van der Waals surface area contributed by atoms with Gasteiger partial charge in [0.2, 0.25) is 0 Å². The average Bonchev–Trinajstić information content (AvgIpc) is 2.45. The number of unbranched alkanes of at least 4 members (excludes halogenated alkanes) is 1. The highest BCUT2D eigenvalue weighted by molar-refractivity contribution is 5.39. The molecule has 0 aromatic rings. The van der Waals surface area contributed by atoms with Crippen LogP contribution in [-0.4, -0.2) is 6.54 Å². The first-order valence-corrected chi connectivity index (χ1v) is 7.28. The van der Waals surface area contributed by atoms with Crippen molar-refractivity contribution in [3.05, 3.63) is 73.0 Å². The smallest absolute Gasteiger partial charge is 0.0397 e. The summed E-state index contributed by atoms with van der Waals surface area (Å²) in [5.41, 5.74) is 4.31. The molecule has 0 atom stereocenters. The topological polar surface area (TPSA) is 12.0 Å². The molecule has 0 rings (SSSR count). The number of hydrogen-bond donors (Lipinski definition) is 1. The fraction of sp³-hybridized carbons (Fsp3) is 0.368. The van der Waals surface area contributed by atoms with Crippen molar-refractivity contribution in [2.45, 2.75) is 39.5 Å². The van der Waals surface area contributed by atoms with Gasteiger partial charge in [0, 0.05) is 12.2 Å². The molecule has 0 aliphatic carbocycles. The minimum Gasteiger partial charge on any atom is -0.385 e. The number of hydrogen-bond acceptors (Lipinski definition) is 1. The molecule has 0 saturated heterocycles. The van der Waals surface area contributed by atoms with Gasteiger partial charge in [-0.1, -0.05) is 56.5 Å². The second kappa shape index (κ2) is 11.1. The number of nitrogens with one attached hydrogen (secondary N) is 1. The zero-order valence-corrected chi connectivity index (χ0v) is 13.2. The summed E-state index contributed by atoms with van der Waals surface area (Å²) in [7, 11) is 0. The van der Waals surface area contributed by atoms with E-state index in [9.17, 15) is 0 Å². The fourth-order valence-electron chi connectivity index (χ4n) is 1.64. The van der Waals surface area contributed by atoms with Gasteiger partial charge in [-0.25, -0.2) is 0 Å². The summed E-state index contributed by atoms with van der Waals surface area (Å²) in [6.45, 7) is 20.7. The van der Waals surface area contributed by atoms with Gasteiger partial charge in [0.1, 0.15) is 0 Å². The second-order valence-electron chi connectivity index (χ2n) is 4.82. The van der Waals surface area contributed by atoms with Crippen LogP contribution in [-0.2, 0) is 0 Å². The van der Waals surface area contributed by atoms with Crippen LogP contribution in [0.4, 0.5) is 0 Å². The summed E-state index contributed by atoms with van der Waals surface area (Å²) in [4.78, 5) is 0. The van der Waals surface area contributed by atoms with E-state index in [-0.39, 0.29) is 0 Å². The quantitative estimate of drug-likeness (QED) is 0.298. The van der Waals surface area contributed by atoms with Gasteiger partial charge in [-0.05, 0) is 43.8 Å². The zero-order valence-electron chi connectivity index (χ0n) is 13.2. The largest absolute Gasteiger partial charge is 0.385 e. The zero-order chi connectivity index (χ0) is 15.4. The van der Waals surface area contributed by atoms with Gasteiger partial charge in [0.15, 0.2) is 0 Å². The van der Waals surface area contributed by atoms with Crippen molar-refractivity contribution in [1.82, 2.24) is 5.32 Å². The Balaban J connectivity index is 4.11. The van der Waals surface area contributed by atoms with E-state index in [0.29, 0.717) is 6.54 Å². The van der Waals surface area contributed by atoms with Gasteiger partial charge >= 0.3 is 0 Å². The molecule has 0 bridgehead atoms. The van der Waals surface area contributed by atoms with E-state index in [2.05, 4.69) is 57.6 Å². The standard InChI is InChI=1S/C19H29N/c1-7-10-11-12-18(6)20-15-17(5)16(4)13-14-19(8-2)9-3/h7-8,13-14,20H,1,4-6,9-12,15H2,2-3H3/b14-13-,19-8-. The van der Waals surface area contributed by atoms with Gasteiger partial charge in [0.05, 0.1) is 0 Å². The Morgan fingerprint density at radius 3 is 2.40 bits per heavy atom. The molecule has 0 aromatic carbocycles. The van der Waals surface area contributed by atoms with Crippen LogP contribution in [0.3, 0.4) is 0 Å². The lowest BCUT2D eigenvalue weighted by Crippen LogP contribution is -2.15. The van der Waals surface area contributed by atoms with Gasteiger partial charge in [0.25, 0.3) is 0 Å². The van der Waals surface area contributed by atoms with Crippen molar-refractivity contribution in [1.29, 1.82) is 0 Å². The lowest BCUT2D eigenvalue weighted by Gasteiger charge is -2.11. The molecule has 20 heavy (non-hydrogen) atoms. The summed E-state index contributed by atoms with van der Waals surface area (Å²) in [5.74, 6) is 0. The molecule has 0 fully saturated rings. The molecule has 0 amide bonds. The number of rotatable bonds is 11. The lowest BCUT2D eigenvalue weighted by molar-refractivity contribution is 0.750. The van der Waals surface area contributed by atoms with Gasteiger partial charge < -0.3 is 5.32 Å². The van der Waals surface area contributed by atoms with Crippen molar-refractivity contribution in [3.63, 3.8) is 0 Å². The SMILES string of the molecule is C=CCCCC(=C)NCC(=C)C(=C)/C=C\C(=C/C)CC. The minimum atomic E-state index is 0.702. The summed E-state index contributed by atoms with van der Waals surface area (Å²) in [6, 6.07) is 0. The predicted octanol–water partition coefficient (Wildman–Crippen LogP) is 5.47. The first-order valence-electron chi connectivity index (χ1n) is 7.28. The van der Waals surface area contributed by atoms with Crippen LogP contribution in [0.2, 0.25) is 0 Å². The van der Waals surface area contributed by atoms with Crippen molar-refractivity contribution in [2.24, 2.45) is 0 Å². The van der Waals surface area contributed by atoms with Crippen molar-refractivity contribution >= 4 is 0 Å². The Morgan fingerprint density at radius 1 is 1.15 bits per heavy atom. The Bertz CT molecular complexity index is 407. The third kappa shape index (κ3) is 8.36. The summed E-state index contributed by atoms with van der Waals surface area (Å²) < 4.78 is 0. The molecule has 110 valence electrons. The van der Waals surface area contributed by atoms with Crippen LogP contribution in [0, 0.1) is 0 Å². The lowest BCUT2D eigenvalue weighted by atomic mass is 10.1. The molecule has 0 saturated carbocycles.